The lowest BCUT2D eigenvalue weighted by molar-refractivity contribution is 0.103. The van der Waals surface area contributed by atoms with Gasteiger partial charge >= 0.3 is 0 Å². The maximum Gasteiger partial charge on any atom is 0.196 e. The molecule has 20 heavy (non-hydrogen) atoms. The van der Waals surface area contributed by atoms with Crippen LogP contribution in [0.25, 0.3) is 0 Å². The van der Waals surface area contributed by atoms with Gasteiger partial charge in [0.1, 0.15) is 5.75 Å². The van der Waals surface area contributed by atoms with Crippen LogP contribution in [-0.2, 0) is 6.42 Å². The summed E-state index contributed by atoms with van der Waals surface area (Å²) in [6.45, 7) is 2.00. The Morgan fingerprint density at radius 3 is 2.35 bits per heavy atom. The van der Waals surface area contributed by atoms with Gasteiger partial charge in [-0.3, -0.25) is 4.79 Å². The van der Waals surface area contributed by atoms with Crippen LogP contribution in [0.5, 0.6) is 5.75 Å². The van der Waals surface area contributed by atoms with E-state index in [9.17, 15) is 9.90 Å². The van der Waals surface area contributed by atoms with E-state index < -0.39 is 0 Å². The first-order valence-electron chi connectivity index (χ1n) is 6.34. The van der Waals surface area contributed by atoms with Crippen LogP contribution in [0.4, 0.5) is 0 Å². The van der Waals surface area contributed by atoms with Gasteiger partial charge in [0, 0.05) is 15.6 Å². The van der Waals surface area contributed by atoms with Crippen LogP contribution < -0.4 is 0 Å². The maximum atomic E-state index is 12.4. The SMILES string of the molecule is CCCc1cc(Cl)cc(C(=O)c2ccc(Cl)cc2)c1O. The highest BCUT2D eigenvalue weighted by Crippen LogP contribution is 2.30. The molecule has 0 radical (unpaired) electrons. The summed E-state index contributed by atoms with van der Waals surface area (Å²) in [6, 6.07) is 9.73. The minimum Gasteiger partial charge on any atom is -0.507 e. The van der Waals surface area contributed by atoms with Crippen molar-refractivity contribution in [2.75, 3.05) is 0 Å². The van der Waals surface area contributed by atoms with Crippen LogP contribution in [0.15, 0.2) is 36.4 Å². The number of phenolic OH excluding ortho intramolecular Hbond substituents is 1. The second-order valence-electron chi connectivity index (χ2n) is 4.55. The van der Waals surface area contributed by atoms with Gasteiger partial charge in [0.2, 0.25) is 0 Å². The third-order valence-electron chi connectivity index (χ3n) is 3.02. The molecule has 0 aliphatic rings. The summed E-state index contributed by atoms with van der Waals surface area (Å²) in [5, 5.41) is 11.2. The van der Waals surface area contributed by atoms with Crippen molar-refractivity contribution < 1.29 is 9.90 Å². The lowest BCUT2D eigenvalue weighted by Gasteiger charge is -2.10. The van der Waals surface area contributed by atoms with Crippen molar-refractivity contribution in [3.8, 4) is 5.75 Å². The number of ketones is 1. The van der Waals surface area contributed by atoms with Gasteiger partial charge in [-0.05, 0) is 48.4 Å². The zero-order valence-electron chi connectivity index (χ0n) is 11.0. The molecule has 0 bridgehead atoms. The van der Waals surface area contributed by atoms with Gasteiger partial charge in [-0.1, -0.05) is 36.5 Å². The van der Waals surface area contributed by atoms with Crippen molar-refractivity contribution in [1.29, 1.82) is 0 Å². The summed E-state index contributed by atoms with van der Waals surface area (Å²) in [7, 11) is 0. The van der Waals surface area contributed by atoms with E-state index in [1.807, 2.05) is 6.92 Å². The third-order valence-corrected chi connectivity index (χ3v) is 3.49. The van der Waals surface area contributed by atoms with Crippen molar-refractivity contribution in [3.05, 3.63) is 63.1 Å². The van der Waals surface area contributed by atoms with E-state index in [0.29, 0.717) is 27.6 Å². The molecule has 0 aromatic heterocycles. The number of rotatable bonds is 4. The predicted molar refractivity (Wildman–Crippen MR) is 82.0 cm³/mol. The van der Waals surface area contributed by atoms with Crippen molar-refractivity contribution >= 4 is 29.0 Å². The Labute approximate surface area is 128 Å². The summed E-state index contributed by atoms with van der Waals surface area (Å²) in [5.41, 5.74) is 1.38. The molecule has 4 heteroatoms. The summed E-state index contributed by atoms with van der Waals surface area (Å²) < 4.78 is 0. The van der Waals surface area contributed by atoms with Gasteiger partial charge in [0.15, 0.2) is 5.78 Å². The molecule has 0 aliphatic carbocycles. The first-order chi connectivity index (χ1) is 9.52. The quantitative estimate of drug-likeness (QED) is 0.817. The lowest BCUT2D eigenvalue weighted by atomic mass is 9.98. The van der Waals surface area contributed by atoms with Crippen LogP contribution in [0.1, 0.15) is 34.8 Å². The molecule has 2 aromatic rings. The highest BCUT2D eigenvalue weighted by Gasteiger charge is 2.17. The van der Waals surface area contributed by atoms with Crippen LogP contribution >= 0.6 is 23.2 Å². The van der Waals surface area contributed by atoms with Gasteiger partial charge in [-0.15, -0.1) is 0 Å². The highest BCUT2D eigenvalue weighted by atomic mass is 35.5. The molecule has 0 spiro atoms. The zero-order valence-corrected chi connectivity index (χ0v) is 12.5. The summed E-state index contributed by atoms with van der Waals surface area (Å²) in [6.07, 6.45) is 1.54. The molecule has 2 nitrogen and oxygen atoms in total. The number of aromatic hydroxyl groups is 1. The Morgan fingerprint density at radius 1 is 1.10 bits per heavy atom. The van der Waals surface area contributed by atoms with Crippen molar-refractivity contribution in [3.63, 3.8) is 0 Å². The van der Waals surface area contributed by atoms with E-state index in [4.69, 9.17) is 23.2 Å². The number of hydrogen-bond donors (Lipinski definition) is 1. The molecule has 1 N–H and O–H groups in total. The molecular weight excluding hydrogens is 295 g/mol. The summed E-state index contributed by atoms with van der Waals surface area (Å²) in [4.78, 5) is 12.4. The van der Waals surface area contributed by atoms with Crippen molar-refractivity contribution in [1.82, 2.24) is 0 Å². The molecule has 0 heterocycles. The molecule has 0 amide bonds. The Morgan fingerprint density at radius 2 is 1.75 bits per heavy atom. The number of hydrogen-bond acceptors (Lipinski definition) is 2. The molecule has 0 saturated heterocycles. The van der Waals surface area contributed by atoms with E-state index in [1.165, 1.54) is 6.07 Å². The van der Waals surface area contributed by atoms with E-state index in [1.54, 1.807) is 30.3 Å². The van der Waals surface area contributed by atoms with E-state index >= 15 is 0 Å². The Bertz CT molecular complexity index is 634. The first kappa shape index (κ1) is 14.9. The van der Waals surface area contributed by atoms with Gasteiger partial charge in [-0.2, -0.15) is 0 Å². The number of benzene rings is 2. The highest BCUT2D eigenvalue weighted by molar-refractivity contribution is 6.31. The van der Waals surface area contributed by atoms with E-state index in [0.717, 1.165) is 6.42 Å². The van der Waals surface area contributed by atoms with Gasteiger partial charge in [0.25, 0.3) is 0 Å². The Kier molecular flexibility index (Phi) is 4.69. The molecule has 0 aliphatic heterocycles. The molecule has 0 saturated carbocycles. The molecular formula is C16H14Cl2O2. The molecule has 104 valence electrons. The largest absolute Gasteiger partial charge is 0.507 e. The summed E-state index contributed by atoms with van der Waals surface area (Å²) in [5.74, 6) is -0.254. The number of aryl methyl sites for hydroxylation is 1. The number of halogens is 2. The van der Waals surface area contributed by atoms with Crippen LogP contribution in [0, 0.1) is 0 Å². The molecule has 0 atom stereocenters. The topological polar surface area (TPSA) is 37.3 Å². The molecule has 2 aromatic carbocycles. The first-order valence-corrected chi connectivity index (χ1v) is 7.10. The molecule has 0 fully saturated rings. The van der Waals surface area contributed by atoms with Gasteiger partial charge < -0.3 is 5.11 Å². The van der Waals surface area contributed by atoms with Crippen LogP contribution in [-0.4, -0.2) is 10.9 Å². The number of carbonyl (C=O) groups excluding carboxylic acids is 1. The number of phenols is 1. The third kappa shape index (κ3) is 3.14. The average Bonchev–Trinajstić information content (AvgIpc) is 2.43. The van der Waals surface area contributed by atoms with Crippen LogP contribution in [0.2, 0.25) is 10.0 Å². The maximum absolute atomic E-state index is 12.4. The summed E-state index contributed by atoms with van der Waals surface area (Å²) >= 11 is 11.8. The second kappa shape index (κ2) is 6.29. The minimum absolute atomic E-state index is 0.0104. The standard InChI is InChI=1S/C16H14Cl2O2/c1-2-3-11-8-13(18)9-14(16(11)20)15(19)10-4-6-12(17)7-5-10/h4-9,20H,2-3H2,1H3. The number of carbonyl (C=O) groups is 1. The fourth-order valence-electron chi connectivity index (χ4n) is 2.05. The van der Waals surface area contributed by atoms with Crippen LogP contribution in [0.3, 0.4) is 0 Å². The predicted octanol–water partition coefficient (Wildman–Crippen LogP) is 4.88. The molecule has 2 rings (SSSR count). The van der Waals surface area contributed by atoms with E-state index in [2.05, 4.69) is 0 Å². The Hall–Kier alpha value is -1.51. The Balaban J connectivity index is 2.46. The minimum atomic E-state index is -0.265. The fraction of sp³-hybridized carbons (Fsp3) is 0.188. The van der Waals surface area contributed by atoms with Crippen molar-refractivity contribution in [2.24, 2.45) is 0 Å². The fourth-order valence-corrected chi connectivity index (χ4v) is 2.41. The molecule has 0 unspecified atom stereocenters. The van der Waals surface area contributed by atoms with Gasteiger partial charge in [-0.25, -0.2) is 0 Å². The normalized spacial score (nSPS) is 10.6. The second-order valence-corrected chi connectivity index (χ2v) is 5.42. The van der Waals surface area contributed by atoms with Crippen molar-refractivity contribution in [2.45, 2.75) is 19.8 Å². The monoisotopic (exact) mass is 308 g/mol. The van der Waals surface area contributed by atoms with Gasteiger partial charge in [0.05, 0.1) is 5.56 Å². The lowest BCUT2D eigenvalue weighted by Crippen LogP contribution is -2.03. The zero-order chi connectivity index (χ0) is 14.7. The smallest absolute Gasteiger partial charge is 0.196 e. The van der Waals surface area contributed by atoms with E-state index in [-0.39, 0.29) is 17.1 Å². The average molecular weight is 309 g/mol.